The molecule has 1 aliphatic heterocycles. The smallest absolute Gasteiger partial charge is 0.245 e. The van der Waals surface area contributed by atoms with Gasteiger partial charge in [0.2, 0.25) is 5.95 Å². The van der Waals surface area contributed by atoms with Crippen molar-refractivity contribution in [1.82, 2.24) is 14.6 Å². The number of pyridine rings is 1. The molecule has 4 nitrogen and oxygen atoms in total. The Morgan fingerprint density at radius 1 is 1.12 bits per heavy atom. The number of halogens is 1. The summed E-state index contributed by atoms with van der Waals surface area (Å²) in [5, 5.41) is 4.50. The Morgan fingerprint density at radius 3 is 2.75 bits per heavy atom. The summed E-state index contributed by atoms with van der Waals surface area (Å²) >= 11 is 3.44. The Hall–Kier alpha value is -1.10. The highest BCUT2D eigenvalue weighted by molar-refractivity contribution is 9.10. The van der Waals surface area contributed by atoms with Gasteiger partial charge in [0, 0.05) is 23.8 Å². The number of rotatable bonds is 1. The lowest BCUT2D eigenvalue weighted by Crippen LogP contribution is -2.30. The molecule has 3 heterocycles. The molecule has 2 aromatic heterocycles. The second-order valence-electron chi connectivity index (χ2n) is 4.11. The second kappa shape index (κ2) is 4.05. The van der Waals surface area contributed by atoms with Gasteiger partial charge in [-0.25, -0.2) is 4.52 Å². The molecular formula is C11H13BrN4. The SMILES string of the molecule is Brc1ccc2nc(N3CCCCC3)nn2c1. The number of nitrogens with zero attached hydrogens (tertiary/aromatic N) is 4. The van der Waals surface area contributed by atoms with Gasteiger partial charge in [-0.1, -0.05) is 0 Å². The van der Waals surface area contributed by atoms with Crippen LogP contribution >= 0.6 is 15.9 Å². The number of aromatic nitrogens is 3. The Kier molecular flexibility index (Phi) is 2.55. The highest BCUT2D eigenvalue weighted by Gasteiger charge is 2.15. The van der Waals surface area contributed by atoms with E-state index < -0.39 is 0 Å². The predicted molar refractivity (Wildman–Crippen MR) is 66.8 cm³/mol. The van der Waals surface area contributed by atoms with Gasteiger partial charge in [0.05, 0.1) is 0 Å². The van der Waals surface area contributed by atoms with Gasteiger partial charge in [-0.05, 0) is 47.3 Å². The number of hydrogen-bond acceptors (Lipinski definition) is 3. The molecule has 0 radical (unpaired) electrons. The van der Waals surface area contributed by atoms with Crippen LogP contribution in [0.2, 0.25) is 0 Å². The molecule has 0 amide bonds. The van der Waals surface area contributed by atoms with Gasteiger partial charge in [0.15, 0.2) is 5.65 Å². The van der Waals surface area contributed by atoms with E-state index in [2.05, 4.69) is 30.9 Å². The van der Waals surface area contributed by atoms with Crippen molar-refractivity contribution in [3.8, 4) is 0 Å². The molecule has 0 unspecified atom stereocenters. The van der Waals surface area contributed by atoms with Gasteiger partial charge in [-0.15, -0.1) is 5.10 Å². The van der Waals surface area contributed by atoms with Crippen molar-refractivity contribution in [2.24, 2.45) is 0 Å². The van der Waals surface area contributed by atoms with Crippen molar-refractivity contribution in [1.29, 1.82) is 0 Å². The molecule has 1 aliphatic rings. The van der Waals surface area contributed by atoms with Crippen LogP contribution in [0.25, 0.3) is 5.65 Å². The minimum atomic E-state index is 0.859. The summed E-state index contributed by atoms with van der Waals surface area (Å²) in [6.07, 6.45) is 5.77. The standard InChI is InChI=1S/C11H13BrN4/c12-9-4-5-10-13-11(14-16(10)8-9)15-6-2-1-3-7-15/h4-5,8H,1-3,6-7H2. The van der Waals surface area contributed by atoms with Crippen LogP contribution in [-0.2, 0) is 0 Å². The molecule has 3 rings (SSSR count). The summed E-state index contributed by atoms with van der Waals surface area (Å²) in [5.41, 5.74) is 0.906. The van der Waals surface area contributed by atoms with E-state index in [9.17, 15) is 0 Å². The molecule has 5 heteroatoms. The molecule has 0 bridgehead atoms. The quantitative estimate of drug-likeness (QED) is 0.805. The molecule has 0 spiro atoms. The lowest BCUT2D eigenvalue weighted by molar-refractivity contribution is 0.568. The average molecular weight is 281 g/mol. The van der Waals surface area contributed by atoms with Gasteiger partial charge in [0.1, 0.15) is 0 Å². The number of hydrogen-bond donors (Lipinski definition) is 0. The molecule has 0 N–H and O–H groups in total. The third-order valence-electron chi connectivity index (χ3n) is 2.92. The first-order valence-corrected chi connectivity index (χ1v) is 6.39. The molecule has 84 valence electrons. The van der Waals surface area contributed by atoms with Crippen LogP contribution in [0.1, 0.15) is 19.3 Å². The van der Waals surface area contributed by atoms with Crippen LogP contribution < -0.4 is 4.90 Å². The zero-order valence-corrected chi connectivity index (χ0v) is 10.5. The van der Waals surface area contributed by atoms with Crippen LogP contribution in [0.15, 0.2) is 22.8 Å². The lowest BCUT2D eigenvalue weighted by atomic mass is 10.1. The molecule has 0 atom stereocenters. The number of anilines is 1. The van der Waals surface area contributed by atoms with E-state index in [1.54, 1.807) is 0 Å². The van der Waals surface area contributed by atoms with Gasteiger partial charge >= 0.3 is 0 Å². The fourth-order valence-electron chi connectivity index (χ4n) is 2.07. The summed E-state index contributed by atoms with van der Waals surface area (Å²) in [4.78, 5) is 6.80. The zero-order valence-electron chi connectivity index (χ0n) is 8.93. The highest BCUT2D eigenvalue weighted by atomic mass is 79.9. The second-order valence-corrected chi connectivity index (χ2v) is 5.03. The summed E-state index contributed by atoms with van der Waals surface area (Å²) in [6, 6.07) is 3.97. The summed E-state index contributed by atoms with van der Waals surface area (Å²) < 4.78 is 2.85. The third kappa shape index (κ3) is 1.80. The van der Waals surface area contributed by atoms with Crippen LogP contribution in [0.5, 0.6) is 0 Å². The third-order valence-corrected chi connectivity index (χ3v) is 3.39. The van der Waals surface area contributed by atoms with Gasteiger partial charge in [0.25, 0.3) is 0 Å². The molecule has 1 saturated heterocycles. The van der Waals surface area contributed by atoms with Crippen LogP contribution in [0.3, 0.4) is 0 Å². The number of piperidine rings is 1. The van der Waals surface area contributed by atoms with E-state index in [-0.39, 0.29) is 0 Å². The van der Waals surface area contributed by atoms with Crippen molar-refractivity contribution in [3.63, 3.8) is 0 Å². The first kappa shape index (κ1) is 10.1. The Labute approximate surface area is 102 Å². The first-order chi connectivity index (χ1) is 7.83. The van der Waals surface area contributed by atoms with Crippen molar-refractivity contribution in [3.05, 3.63) is 22.8 Å². The van der Waals surface area contributed by atoms with Crippen molar-refractivity contribution >= 4 is 27.5 Å². The van der Waals surface area contributed by atoms with Crippen molar-refractivity contribution in [2.45, 2.75) is 19.3 Å². The minimum Gasteiger partial charge on any atom is -0.340 e. The van der Waals surface area contributed by atoms with E-state index in [4.69, 9.17) is 0 Å². The predicted octanol–water partition coefficient (Wildman–Crippen LogP) is 2.48. The molecule has 0 aromatic carbocycles. The van der Waals surface area contributed by atoms with Crippen LogP contribution in [0, 0.1) is 0 Å². The van der Waals surface area contributed by atoms with E-state index >= 15 is 0 Å². The highest BCUT2D eigenvalue weighted by Crippen LogP contribution is 2.18. The van der Waals surface area contributed by atoms with E-state index in [0.29, 0.717) is 0 Å². The fourth-order valence-corrected chi connectivity index (χ4v) is 2.40. The van der Waals surface area contributed by atoms with E-state index in [1.165, 1.54) is 19.3 Å². The van der Waals surface area contributed by atoms with E-state index in [1.807, 2.05) is 22.8 Å². The lowest BCUT2D eigenvalue weighted by Gasteiger charge is -2.24. The molecule has 16 heavy (non-hydrogen) atoms. The maximum Gasteiger partial charge on any atom is 0.245 e. The largest absolute Gasteiger partial charge is 0.340 e. The molecule has 0 saturated carbocycles. The maximum absolute atomic E-state index is 4.53. The fraction of sp³-hybridized carbons (Fsp3) is 0.455. The molecular weight excluding hydrogens is 268 g/mol. The topological polar surface area (TPSA) is 33.4 Å². The normalized spacial score (nSPS) is 16.9. The molecule has 0 aliphatic carbocycles. The first-order valence-electron chi connectivity index (χ1n) is 5.60. The van der Waals surface area contributed by atoms with Crippen LogP contribution in [-0.4, -0.2) is 27.7 Å². The van der Waals surface area contributed by atoms with Gasteiger partial charge < -0.3 is 4.90 Å². The van der Waals surface area contributed by atoms with Crippen LogP contribution in [0.4, 0.5) is 5.95 Å². The Balaban J connectivity index is 1.97. The van der Waals surface area contributed by atoms with Gasteiger partial charge in [-0.3, -0.25) is 0 Å². The summed E-state index contributed by atoms with van der Waals surface area (Å²) in [5.74, 6) is 0.859. The average Bonchev–Trinajstić information content (AvgIpc) is 2.73. The number of fused-ring (bicyclic) bond motifs is 1. The maximum atomic E-state index is 4.53. The van der Waals surface area contributed by atoms with Gasteiger partial charge in [-0.2, -0.15) is 4.98 Å². The van der Waals surface area contributed by atoms with Crippen molar-refractivity contribution < 1.29 is 0 Å². The Bertz CT molecular complexity index is 502. The molecule has 2 aromatic rings. The van der Waals surface area contributed by atoms with E-state index in [0.717, 1.165) is 29.2 Å². The summed E-state index contributed by atoms with van der Waals surface area (Å²) in [6.45, 7) is 2.16. The van der Waals surface area contributed by atoms with Crippen molar-refractivity contribution in [2.75, 3.05) is 18.0 Å². The molecule has 1 fully saturated rings. The summed E-state index contributed by atoms with van der Waals surface area (Å²) in [7, 11) is 0. The zero-order chi connectivity index (χ0) is 11.0. The Morgan fingerprint density at radius 2 is 1.94 bits per heavy atom. The monoisotopic (exact) mass is 280 g/mol. The minimum absolute atomic E-state index is 0.859.